The molecule has 1 heterocycles. The van der Waals surface area contributed by atoms with Gasteiger partial charge in [0.05, 0.1) is 0 Å². The van der Waals surface area contributed by atoms with E-state index in [9.17, 15) is 0 Å². The number of allylic oxidation sites excluding steroid dienone is 1. The lowest BCUT2D eigenvalue weighted by molar-refractivity contribution is 0.490. The van der Waals surface area contributed by atoms with Gasteiger partial charge in [-0.1, -0.05) is 13.0 Å². The predicted octanol–water partition coefficient (Wildman–Crippen LogP) is 4.48. The molecule has 0 nitrogen and oxygen atoms in total. The molecule has 13 heavy (non-hydrogen) atoms. The average Bonchev–Trinajstić information content (AvgIpc) is 2.52. The molecule has 0 N–H and O–H groups in total. The molecule has 0 bridgehead atoms. The molecule has 1 rings (SSSR count). The van der Waals surface area contributed by atoms with Crippen LogP contribution in [-0.4, -0.2) is 5.88 Å². The third-order valence-corrected chi connectivity index (χ3v) is 4.59. The van der Waals surface area contributed by atoms with Crippen molar-refractivity contribution in [3.8, 4) is 0 Å². The molecule has 1 aromatic rings. The van der Waals surface area contributed by atoms with Crippen molar-refractivity contribution in [2.24, 2.45) is 5.41 Å². The molecule has 0 aliphatic rings. The van der Waals surface area contributed by atoms with E-state index in [-0.39, 0.29) is 5.41 Å². The molecule has 0 saturated carbocycles. The van der Waals surface area contributed by atoms with Crippen LogP contribution >= 0.6 is 38.9 Å². The number of halogens is 2. The van der Waals surface area contributed by atoms with Crippen LogP contribution in [-0.2, 0) is 6.42 Å². The maximum Gasteiger partial charge on any atom is 0.0315 e. The Labute approximate surface area is 96.7 Å². The largest absolute Gasteiger partial charge is 0.148 e. The van der Waals surface area contributed by atoms with Gasteiger partial charge in [-0.05, 0) is 33.8 Å². The summed E-state index contributed by atoms with van der Waals surface area (Å²) in [6, 6.07) is 2.07. The zero-order chi connectivity index (χ0) is 9.90. The molecule has 72 valence electrons. The Morgan fingerprint density at radius 3 is 2.85 bits per heavy atom. The van der Waals surface area contributed by atoms with Crippen molar-refractivity contribution in [2.75, 3.05) is 5.88 Å². The number of alkyl halides is 1. The summed E-state index contributed by atoms with van der Waals surface area (Å²) in [4.78, 5) is 1.34. The van der Waals surface area contributed by atoms with E-state index >= 15 is 0 Å². The predicted molar refractivity (Wildman–Crippen MR) is 64.7 cm³/mol. The molecule has 1 atom stereocenters. The Morgan fingerprint density at radius 1 is 1.77 bits per heavy atom. The summed E-state index contributed by atoms with van der Waals surface area (Å²) in [7, 11) is 0. The highest BCUT2D eigenvalue weighted by Gasteiger charge is 2.21. The van der Waals surface area contributed by atoms with Crippen LogP contribution in [0.15, 0.2) is 28.6 Å². The lowest BCUT2D eigenvalue weighted by Crippen LogP contribution is -2.17. The maximum atomic E-state index is 5.90. The van der Waals surface area contributed by atoms with Crippen LogP contribution < -0.4 is 0 Å². The Kier molecular flexibility index (Phi) is 4.02. The van der Waals surface area contributed by atoms with Crippen LogP contribution in [0, 0.1) is 5.41 Å². The van der Waals surface area contributed by atoms with Gasteiger partial charge < -0.3 is 0 Å². The number of hydrogen-bond donors (Lipinski definition) is 0. The first-order chi connectivity index (χ1) is 6.11. The summed E-state index contributed by atoms with van der Waals surface area (Å²) in [5, 5.41) is 2.08. The minimum atomic E-state index is 0.00886. The van der Waals surface area contributed by atoms with Crippen molar-refractivity contribution >= 4 is 38.9 Å². The molecule has 0 spiro atoms. The van der Waals surface area contributed by atoms with Crippen LogP contribution in [0.2, 0.25) is 0 Å². The number of hydrogen-bond acceptors (Lipinski definition) is 1. The van der Waals surface area contributed by atoms with Crippen LogP contribution in [0.3, 0.4) is 0 Å². The molecule has 0 aliphatic heterocycles. The van der Waals surface area contributed by atoms with Crippen LogP contribution in [0.5, 0.6) is 0 Å². The molecule has 3 heteroatoms. The quantitative estimate of drug-likeness (QED) is 0.563. The second-order valence-electron chi connectivity index (χ2n) is 3.36. The van der Waals surface area contributed by atoms with Crippen LogP contribution in [0.1, 0.15) is 11.8 Å². The highest BCUT2D eigenvalue weighted by Crippen LogP contribution is 2.32. The molecule has 0 amide bonds. The number of thiophene rings is 1. The van der Waals surface area contributed by atoms with E-state index in [0.29, 0.717) is 5.88 Å². The van der Waals surface area contributed by atoms with E-state index in [0.717, 1.165) is 6.42 Å². The van der Waals surface area contributed by atoms with Crippen LogP contribution in [0.25, 0.3) is 0 Å². The van der Waals surface area contributed by atoms with Gasteiger partial charge in [0.15, 0.2) is 0 Å². The highest BCUT2D eigenvalue weighted by molar-refractivity contribution is 9.10. The number of rotatable bonds is 4. The summed E-state index contributed by atoms with van der Waals surface area (Å²) < 4.78 is 1.18. The Balaban J connectivity index is 2.78. The fraction of sp³-hybridized carbons (Fsp3) is 0.400. The molecule has 0 saturated heterocycles. The second-order valence-corrected chi connectivity index (χ2v) is 5.48. The van der Waals surface area contributed by atoms with Gasteiger partial charge in [-0.2, -0.15) is 0 Å². The van der Waals surface area contributed by atoms with Gasteiger partial charge in [0, 0.05) is 20.6 Å². The third-order valence-electron chi connectivity index (χ3n) is 2.05. The summed E-state index contributed by atoms with van der Waals surface area (Å²) in [6.45, 7) is 5.94. The summed E-state index contributed by atoms with van der Waals surface area (Å²) in [5.74, 6) is 0.612. The van der Waals surface area contributed by atoms with Gasteiger partial charge in [0.2, 0.25) is 0 Å². The minimum absolute atomic E-state index is 0.00886. The van der Waals surface area contributed by atoms with Gasteiger partial charge in [-0.25, -0.2) is 0 Å². The topological polar surface area (TPSA) is 0 Å². The molecule has 1 aromatic heterocycles. The van der Waals surface area contributed by atoms with Crippen molar-refractivity contribution in [1.82, 2.24) is 0 Å². The first-order valence-electron chi connectivity index (χ1n) is 4.03. The Bertz CT molecular complexity index is 295. The van der Waals surface area contributed by atoms with Gasteiger partial charge in [-0.15, -0.1) is 29.5 Å². The monoisotopic (exact) mass is 278 g/mol. The molecule has 1 unspecified atom stereocenters. The van der Waals surface area contributed by atoms with Gasteiger partial charge in [-0.3, -0.25) is 0 Å². The lowest BCUT2D eigenvalue weighted by Gasteiger charge is -2.21. The van der Waals surface area contributed by atoms with Gasteiger partial charge in [0.25, 0.3) is 0 Å². The molecule has 0 aliphatic carbocycles. The molecular weight excluding hydrogens is 268 g/mol. The summed E-state index contributed by atoms with van der Waals surface area (Å²) in [6.07, 6.45) is 2.89. The highest BCUT2D eigenvalue weighted by atomic mass is 79.9. The Morgan fingerprint density at radius 2 is 2.46 bits per heavy atom. The van der Waals surface area contributed by atoms with Crippen molar-refractivity contribution in [3.63, 3.8) is 0 Å². The fourth-order valence-corrected chi connectivity index (χ4v) is 2.89. The first kappa shape index (κ1) is 11.3. The fourth-order valence-electron chi connectivity index (χ4n) is 0.992. The lowest BCUT2D eigenvalue weighted by atomic mass is 9.89. The van der Waals surface area contributed by atoms with E-state index in [1.165, 1.54) is 9.35 Å². The third kappa shape index (κ3) is 2.83. The Hall–Kier alpha value is 0.210. The van der Waals surface area contributed by atoms with E-state index in [4.69, 9.17) is 11.6 Å². The standard InChI is InChI=1S/C10H12BrClS/c1-3-10(2,7-12)6-9-8(11)4-5-13-9/h3-5H,1,6-7H2,2H3. The van der Waals surface area contributed by atoms with Crippen LogP contribution in [0.4, 0.5) is 0 Å². The van der Waals surface area contributed by atoms with E-state index in [2.05, 4.69) is 40.9 Å². The second kappa shape index (κ2) is 4.63. The zero-order valence-electron chi connectivity index (χ0n) is 7.52. The smallest absolute Gasteiger partial charge is 0.0315 e. The van der Waals surface area contributed by atoms with Crippen molar-refractivity contribution < 1.29 is 0 Å². The zero-order valence-corrected chi connectivity index (χ0v) is 10.7. The van der Waals surface area contributed by atoms with Crippen molar-refractivity contribution in [3.05, 3.63) is 33.5 Å². The van der Waals surface area contributed by atoms with E-state index in [1.807, 2.05) is 6.08 Å². The summed E-state index contributed by atoms with van der Waals surface area (Å²) in [5.41, 5.74) is 0.00886. The molecule has 0 fully saturated rings. The first-order valence-corrected chi connectivity index (χ1v) is 6.23. The van der Waals surface area contributed by atoms with E-state index in [1.54, 1.807) is 11.3 Å². The molecule has 0 aromatic carbocycles. The molecular formula is C10H12BrClS. The van der Waals surface area contributed by atoms with Gasteiger partial charge >= 0.3 is 0 Å². The summed E-state index contributed by atoms with van der Waals surface area (Å²) >= 11 is 11.2. The normalized spacial score (nSPS) is 15.3. The van der Waals surface area contributed by atoms with Crippen molar-refractivity contribution in [1.29, 1.82) is 0 Å². The molecule has 0 radical (unpaired) electrons. The van der Waals surface area contributed by atoms with Crippen molar-refractivity contribution in [2.45, 2.75) is 13.3 Å². The maximum absolute atomic E-state index is 5.90. The average molecular weight is 280 g/mol. The van der Waals surface area contributed by atoms with E-state index < -0.39 is 0 Å². The van der Waals surface area contributed by atoms with Gasteiger partial charge in [0.1, 0.15) is 0 Å². The minimum Gasteiger partial charge on any atom is -0.148 e. The SMILES string of the molecule is C=CC(C)(CCl)Cc1sccc1Br.